The Kier molecular flexibility index (Phi) is 1.91. The highest BCUT2D eigenvalue weighted by Crippen LogP contribution is 2.41. The molecule has 1 aliphatic rings. The summed E-state index contributed by atoms with van der Waals surface area (Å²) in [7, 11) is 0. The molecule has 2 rings (SSSR count). The van der Waals surface area contributed by atoms with Crippen molar-refractivity contribution >= 4 is 5.78 Å². The lowest BCUT2D eigenvalue weighted by Crippen LogP contribution is -2.08. The maximum absolute atomic E-state index is 13.3. The molecule has 0 radical (unpaired) electrons. The molecule has 0 saturated heterocycles. The first-order chi connectivity index (χ1) is 6.50. The van der Waals surface area contributed by atoms with Crippen LogP contribution in [0.2, 0.25) is 0 Å². The van der Waals surface area contributed by atoms with Gasteiger partial charge in [-0.15, -0.1) is 0 Å². The molecule has 0 fully saturated rings. The fraction of sp³-hybridized carbons (Fsp3) is 0.364. The number of hydrogen-bond acceptors (Lipinski definition) is 1. The lowest BCUT2D eigenvalue weighted by Gasteiger charge is -2.10. The van der Waals surface area contributed by atoms with Crippen molar-refractivity contribution < 1.29 is 13.6 Å². The van der Waals surface area contributed by atoms with Gasteiger partial charge in [0.1, 0.15) is 0 Å². The summed E-state index contributed by atoms with van der Waals surface area (Å²) in [6, 6.07) is 4.57. The number of hydrogen-bond donors (Lipinski definition) is 0. The minimum atomic E-state index is -2.75. The summed E-state index contributed by atoms with van der Waals surface area (Å²) in [5.41, 5.74) is 1.07. The fourth-order valence-electron chi connectivity index (χ4n) is 1.78. The normalized spacial score (nSPS) is 17.9. The van der Waals surface area contributed by atoms with Crippen LogP contribution in [0.4, 0.5) is 8.78 Å². The molecule has 0 bridgehead atoms. The molecule has 3 heteroatoms. The average Bonchev–Trinajstić information content (AvgIpc) is 2.42. The maximum Gasteiger partial charge on any atom is 0.273 e. The monoisotopic (exact) mass is 196 g/mol. The topological polar surface area (TPSA) is 17.1 Å². The molecular formula is C11H10F2O. The van der Waals surface area contributed by atoms with Crippen molar-refractivity contribution in [1.82, 2.24) is 0 Å². The minimum absolute atomic E-state index is 0.0326. The van der Waals surface area contributed by atoms with Crippen LogP contribution in [0.5, 0.6) is 0 Å². The number of ketones is 1. The Bertz CT molecular complexity index is 396. The predicted octanol–water partition coefficient (Wildman–Crippen LogP) is 2.93. The molecule has 0 atom stereocenters. The van der Waals surface area contributed by atoms with Crippen LogP contribution in [0, 0.1) is 0 Å². The molecule has 14 heavy (non-hydrogen) atoms. The van der Waals surface area contributed by atoms with Gasteiger partial charge < -0.3 is 0 Å². The van der Waals surface area contributed by atoms with Gasteiger partial charge in [-0.2, -0.15) is 0 Å². The van der Waals surface area contributed by atoms with Crippen LogP contribution in [0.25, 0.3) is 0 Å². The number of fused-ring (bicyclic) bond motifs is 1. The largest absolute Gasteiger partial charge is 0.295 e. The van der Waals surface area contributed by atoms with E-state index in [2.05, 4.69) is 0 Å². The molecule has 0 aromatic heterocycles. The Morgan fingerprint density at radius 2 is 2.14 bits per heavy atom. The zero-order valence-corrected chi connectivity index (χ0v) is 7.81. The van der Waals surface area contributed by atoms with Crippen molar-refractivity contribution in [2.45, 2.75) is 25.7 Å². The molecule has 1 aromatic carbocycles. The molecule has 0 aliphatic heterocycles. The highest BCUT2D eigenvalue weighted by molar-refractivity contribution is 5.94. The first kappa shape index (κ1) is 9.31. The van der Waals surface area contributed by atoms with E-state index in [9.17, 15) is 13.6 Å². The third kappa shape index (κ3) is 1.33. The van der Waals surface area contributed by atoms with E-state index in [1.807, 2.05) is 0 Å². The molecule has 1 aliphatic carbocycles. The Hall–Kier alpha value is -1.25. The lowest BCUT2D eigenvalue weighted by atomic mass is 10.0. The Balaban J connectivity index is 2.53. The first-order valence-corrected chi connectivity index (χ1v) is 4.53. The standard InChI is InChI=1S/C11H10F2O/c1-7(14)9-3-2-8-4-5-11(12,13)10(8)6-9/h2-3,6H,4-5H2,1H3. The Morgan fingerprint density at radius 3 is 2.79 bits per heavy atom. The van der Waals surface area contributed by atoms with Gasteiger partial charge in [0.25, 0.3) is 5.92 Å². The highest BCUT2D eigenvalue weighted by Gasteiger charge is 2.39. The van der Waals surface area contributed by atoms with Gasteiger partial charge in [0.15, 0.2) is 5.78 Å². The van der Waals surface area contributed by atoms with Gasteiger partial charge in [0, 0.05) is 17.5 Å². The summed E-state index contributed by atoms with van der Waals surface area (Å²) in [6.45, 7) is 1.38. The van der Waals surface area contributed by atoms with Gasteiger partial charge in [0.05, 0.1) is 0 Å². The van der Waals surface area contributed by atoms with Gasteiger partial charge in [-0.3, -0.25) is 4.79 Å². The first-order valence-electron chi connectivity index (χ1n) is 4.53. The van der Waals surface area contributed by atoms with Crippen LogP contribution in [0.15, 0.2) is 18.2 Å². The van der Waals surface area contributed by atoms with E-state index < -0.39 is 5.92 Å². The van der Waals surface area contributed by atoms with E-state index in [0.29, 0.717) is 17.5 Å². The molecule has 0 spiro atoms. The third-order valence-corrected chi connectivity index (χ3v) is 2.62. The number of alkyl halides is 2. The van der Waals surface area contributed by atoms with Crippen molar-refractivity contribution in [3.63, 3.8) is 0 Å². The van der Waals surface area contributed by atoms with E-state index in [4.69, 9.17) is 0 Å². The number of carbonyl (C=O) groups is 1. The fourth-order valence-corrected chi connectivity index (χ4v) is 1.78. The van der Waals surface area contributed by atoms with Crippen LogP contribution in [-0.4, -0.2) is 5.78 Å². The molecule has 0 saturated carbocycles. The number of aryl methyl sites for hydroxylation is 1. The van der Waals surface area contributed by atoms with Gasteiger partial charge in [-0.05, 0) is 25.0 Å². The summed E-state index contributed by atoms with van der Waals surface area (Å²) in [5, 5.41) is 0. The zero-order chi connectivity index (χ0) is 10.3. The van der Waals surface area contributed by atoms with Crippen LogP contribution in [0.1, 0.15) is 34.8 Å². The van der Waals surface area contributed by atoms with Crippen molar-refractivity contribution in [2.24, 2.45) is 0 Å². The SMILES string of the molecule is CC(=O)c1ccc2c(c1)C(F)(F)CC2. The summed E-state index contributed by atoms with van der Waals surface area (Å²) >= 11 is 0. The molecular weight excluding hydrogens is 186 g/mol. The van der Waals surface area contributed by atoms with Crippen molar-refractivity contribution in [3.05, 3.63) is 34.9 Å². The second-order valence-corrected chi connectivity index (χ2v) is 3.63. The molecule has 0 unspecified atom stereocenters. The molecule has 74 valence electrons. The van der Waals surface area contributed by atoms with Gasteiger partial charge in [0.2, 0.25) is 0 Å². The van der Waals surface area contributed by atoms with E-state index in [-0.39, 0.29) is 17.8 Å². The molecule has 0 N–H and O–H groups in total. The summed E-state index contributed by atoms with van der Waals surface area (Å²) in [5.74, 6) is -2.92. The van der Waals surface area contributed by atoms with E-state index in [1.165, 1.54) is 13.0 Å². The number of Topliss-reactive ketones (excluding diaryl/α,β-unsaturated/α-hetero) is 1. The predicted molar refractivity (Wildman–Crippen MR) is 48.7 cm³/mol. The molecule has 1 aromatic rings. The maximum atomic E-state index is 13.3. The van der Waals surface area contributed by atoms with Gasteiger partial charge in [-0.25, -0.2) is 8.78 Å². The minimum Gasteiger partial charge on any atom is -0.295 e. The number of rotatable bonds is 1. The number of benzene rings is 1. The lowest BCUT2D eigenvalue weighted by molar-refractivity contribution is -0.00186. The van der Waals surface area contributed by atoms with Crippen molar-refractivity contribution in [1.29, 1.82) is 0 Å². The van der Waals surface area contributed by atoms with Crippen molar-refractivity contribution in [2.75, 3.05) is 0 Å². The molecule has 1 nitrogen and oxygen atoms in total. The average molecular weight is 196 g/mol. The molecule has 0 heterocycles. The summed E-state index contributed by atoms with van der Waals surface area (Å²) < 4.78 is 26.5. The van der Waals surface area contributed by atoms with Gasteiger partial charge >= 0.3 is 0 Å². The summed E-state index contributed by atoms with van der Waals surface area (Å²) in [6.07, 6.45) is 0.268. The van der Waals surface area contributed by atoms with Crippen LogP contribution >= 0.6 is 0 Å². The highest BCUT2D eigenvalue weighted by atomic mass is 19.3. The van der Waals surface area contributed by atoms with Gasteiger partial charge in [-0.1, -0.05) is 12.1 Å². The number of halogens is 2. The van der Waals surface area contributed by atoms with Crippen molar-refractivity contribution in [3.8, 4) is 0 Å². The number of carbonyl (C=O) groups excluding carboxylic acids is 1. The second-order valence-electron chi connectivity index (χ2n) is 3.63. The Labute approximate surface area is 80.7 Å². The summed E-state index contributed by atoms with van der Waals surface area (Å²) in [4.78, 5) is 11.0. The van der Waals surface area contributed by atoms with E-state index in [0.717, 1.165) is 0 Å². The van der Waals surface area contributed by atoms with Crippen LogP contribution < -0.4 is 0 Å². The zero-order valence-electron chi connectivity index (χ0n) is 7.81. The quantitative estimate of drug-likeness (QED) is 0.631. The molecule has 0 amide bonds. The smallest absolute Gasteiger partial charge is 0.273 e. The van der Waals surface area contributed by atoms with Crippen LogP contribution in [0.3, 0.4) is 0 Å². The van der Waals surface area contributed by atoms with E-state index in [1.54, 1.807) is 12.1 Å². The van der Waals surface area contributed by atoms with Crippen LogP contribution in [-0.2, 0) is 12.3 Å². The third-order valence-electron chi connectivity index (χ3n) is 2.62. The second kappa shape index (κ2) is 2.87. The van der Waals surface area contributed by atoms with E-state index >= 15 is 0 Å². The Morgan fingerprint density at radius 1 is 1.43 bits per heavy atom.